The van der Waals surface area contributed by atoms with Crippen molar-refractivity contribution in [1.29, 1.82) is 0 Å². The zero-order valence-electron chi connectivity index (χ0n) is 21.7. The Kier molecular flexibility index (Phi) is 6.92. The quantitative estimate of drug-likeness (QED) is 0.214. The van der Waals surface area contributed by atoms with Gasteiger partial charge in [-0.25, -0.2) is 0 Å². The summed E-state index contributed by atoms with van der Waals surface area (Å²) in [6.45, 7) is 1.84. The first-order valence-corrected chi connectivity index (χ1v) is 17.3. The number of rotatable bonds is 6. The topological polar surface area (TPSA) is 103 Å². The number of hydrogen-bond acceptors (Lipinski definition) is 6. The molecule has 1 unspecified atom stereocenters. The first-order valence-electron chi connectivity index (χ1n) is 12.7. The summed E-state index contributed by atoms with van der Waals surface area (Å²) in [6, 6.07) is 8.96. The van der Waals surface area contributed by atoms with Gasteiger partial charge in [0.1, 0.15) is 12.2 Å². The second-order valence-electron chi connectivity index (χ2n) is 9.82. The molecule has 2 aliphatic rings. The van der Waals surface area contributed by atoms with Gasteiger partial charge in [-0.05, 0) is 18.9 Å². The molecule has 6 rings (SSSR count). The molecule has 5 heterocycles. The Morgan fingerprint density at radius 1 is 1.18 bits per heavy atom. The standard InChI is InChI=1S/C27H26F3IN8O/c1-16-6-9-21-24(25(31(16)2)27(28,29)30)33-14-38(21)19-10-11-32-20(13-19)26(40)36-22-5-3-4-17(35-22)12-23-37-34-15-39(23)18-7-8-18/h3-6,9-11,13-16,18,25H,7-8,12H2,1-2H3,(H,35,36,40)/t16-,25?/m0/s1. The van der Waals surface area contributed by atoms with Crippen LogP contribution in [0.2, 0.25) is 0 Å². The fraction of sp³-hybridized carbons (Fsp3) is 0.333. The molecule has 0 saturated heterocycles. The van der Waals surface area contributed by atoms with Gasteiger partial charge in [0.15, 0.2) is 0 Å². The Morgan fingerprint density at radius 2 is 2.00 bits per heavy atom. The van der Waals surface area contributed by atoms with Gasteiger partial charge in [-0.15, -0.1) is 10.2 Å². The Bertz CT molecular complexity index is 1590. The van der Waals surface area contributed by atoms with Crippen molar-refractivity contribution >= 4 is 37.6 Å². The molecule has 1 saturated carbocycles. The van der Waals surface area contributed by atoms with Crippen molar-refractivity contribution in [1.82, 2.24) is 34.3 Å². The number of fused-ring (bicyclic) bond motifs is 1. The van der Waals surface area contributed by atoms with Gasteiger partial charge in [-0.2, -0.15) is 0 Å². The average Bonchev–Trinajstić information content (AvgIpc) is 3.56. The summed E-state index contributed by atoms with van der Waals surface area (Å²) < 4.78 is 44.2. The van der Waals surface area contributed by atoms with Crippen LogP contribution in [0, 0.1) is 0 Å². The number of hydrogen-bond donors (Lipinski definition) is 1. The van der Waals surface area contributed by atoms with E-state index < -0.39 is 35.8 Å². The molecule has 208 valence electrons. The fourth-order valence-electron chi connectivity index (χ4n) is 4.72. The molecule has 1 aliphatic carbocycles. The minimum absolute atomic E-state index is 0.0437. The summed E-state index contributed by atoms with van der Waals surface area (Å²) in [4.78, 5) is 27.8. The Hall–Kier alpha value is -3.62. The Balaban J connectivity index is 1.24. The van der Waals surface area contributed by atoms with Gasteiger partial charge in [-0.3, -0.25) is 0 Å². The molecule has 1 amide bonds. The van der Waals surface area contributed by atoms with Crippen molar-refractivity contribution in [2.75, 3.05) is 10.2 Å². The number of halogens is 4. The van der Waals surface area contributed by atoms with Gasteiger partial charge in [0.25, 0.3) is 0 Å². The molecular formula is C27H26F3IN8O. The van der Waals surface area contributed by atoms with Crippen LogP contribution in [0.1, 0.15) is 63.1 Å². The molecule has 9 nitrogen and oxygen atoms in total. The number of nitrogens with one attached hydrogen (secondary N) is 1. The zero-order valence-corrected chi connectivity index (χ0v) is 23.8. The Labute approximate surface area is 235 Å². The third-order valence-corrected chi connectivity index (χ3v) is 13.8. The molecule has 0 radical (unpaired) electrons. The van der Waals surface area contributed by atoms with Crippen LogP contribution in [0.15, 0.2) is 55.3 Å². The summed E-state index contributed by atoms with van der Waals surface area (Å²) in [7, 11) is 0. The van der Waals surface area contributed by atoms with Crippen molar-refractivity contribution in [3.8, 4) is 5.69 Å². The fourth-order valence-corrected chi connectivity index (χ4v) is 9.24. The first kappa shape index (κ1) is 26.6. The second kappa shape index (κ2) is 10.4. The maximum absolute atomic E-state index is 14.1. The van der Waals surface area contributed by atoms with E-state index in [0.29, 0.717) is 29.7 Å². The van der Waals surface area contributed by atoms with Gasteiger partial charge in [0, 0.05) is 6.04 Å². The molecular weight excluding hydrogens is 636 g/mol. The van der Waals surface area contributed by atoms with E-state index in [1.807, 2.05) is 19.1 Å². The van der Waals surface area contributed by atoms with Crippen LogP contribution in [-0.4, -0.2) is 55.2 Å². The number of nitrogens with zero attached hydrogens (tertiary/aromatic N) is 7. The van der Waals surface area contributed by atoms with E-state index in [2.05, 4.69) is 35.0 Å². The van der Waals surface area contributed by atoms with Crippen LogP contribution in [0.5, 0.6) is 0 Å². The van der Waals surface area contributed by atoms with Crippen LogP contribution in [0.3, 0.4) is 0 Å². The molecule has 1 N–H and O–H groups in total. The average molecular weight is 662 g/mol. The van der Waals surface area contributed by atoms with Crippen LogP contribution < -0.4 is 5.32 Å². The van der Waals surface area contributed by atoms with Crippen molar-refractivity contribution in [2.24, 2.45) is 0 Å². The van der Waals surface area contributed by atoms with Gasteiger partial charge in [-0.1, -0.05) is 0 Å². The van der Waals surface area contributed by atoms with Crippen molar-refractivity contribution in [2.45, 2.75) is 46.3 Å². The molecule has 2 atom stereocenters. The van der Waals surface area contributed by atoms with Crippen LogP contribution >= 0.6 is 19.8 Å². The predicted molar refractivity (Wildman–Crippen MR) is 152 cm³/mol. The van der Waals surface area contributed by atoms with E-state index in [9.17, 15) is 18.0 Å². The van der Waals surface area contributed by atoms with E-state index in [-0.39, 0.29) is 15.3 Å². The molecule has 0 spiro atoms. The summed E-state index contributed by atoms with van der Waals surface area (Å²) in [5, 5.41) is 11.0. The van der Waals surface area contributed by atoms with E-state index >= 15 is 0 Å². The normalized spacial score (nSPS) is 19.8. The molecule has 1 fully saturated rings. The molecule has 40 heavy (non-hydrogen) atoms. The van der Waals surface area contributed by atoms with Gasteiger partial charge in [0.05, 0.1) is 6.42 Å². The van der Waals surface area contributed by atoms with Crippen LogP contribution in [-0.2, 0) is 6.42 Å². The third-order valence-electron chi connectivity index (χ3n) is 7.00. The number of carbonyl (C=O) groups is 1. The van der Waals surface area contributed by atoms with Gasteiger partial charge < -0.3 is 4.57 Å². The minimum atomic E-state index is -4.37. The monoisotopic (exact) mass is 662 g/mol. The van der Waals surface area contributed by atoms with Crippen LogP contribution in [0.4, 0.5) is 19.0 Å². The SMILES string of the molecule is C[C@H]1C=Cc2c(ncn2-c2ccnc(C(=O)Nc3cccc(Cc4nncn4C4CC4)n3)c2)C(C(F)(F)F)I1C. The number of aromatic nitrogens is 7. The van der Waals surface area contributed by atoms with E-state index in [4.69, 9.17) is 0 Å². The summed E-state index contributed by atoms with van der Waals surface area (Å²) in [5.74, 6) is 0.687. The molecule has 13 heteroatoms. The van der Waals surface area contributed by atoms with Crippen molar-refractivity contribution in [3.63, 3.8) is 0 Å². The number of allylic oxidation sites excluding steroid dienone is 1. The van der Waals surface area contributed by atoms with Gasteiger partial charge >= 0.3 is 178 Å². The second-order valence-corrected chi connectivity index (χ2v) is 16.2. The number of carbonyl (C=O) groups excluding carboxylic acids is 1. The molecule has 1 aliphatic heterocycles. The molecule has 4 aromatic rings. The maximum atomic E-state index is 14.1. The number of pyridine rings is 2. The number of anilines is 1. The van der Waals surface area contributed by atoms with Crippen molar-refractivity contribution < 1.29 is 18.0 Å². The molecule has 0 bridgehead atoms. The number of imidazole rings is 1. The third kappa shape index (κ3) is 5.25. The summed E-state index contributed by atoms with van der Waals surface area (Å²) in [6.07, 6.45) is 6.46. The molecule has 4 aromatic heterocycles. The summed E-state index contributed by atoms with van der Waals surface area (Å²) >= 11 is -2.47. The van der Waals surface area contributed by atoms with E-state index in [1.54, 1.807) is 40.1 Å². The zero-order chi connectivity index (χ0) is 28.0. The summed E-state index contributed by atoms with van der Waals surface area (Å²) in [5.41, 5.74) is 1.74. The van der Waals surface area contributed by atoms with Crippen LogP contribution in [0.25, 0.3) is 11.8 Å². The first-order chi connectivity index (χ1) is 19.2. The van der Waals surface area contributed by atoms with E-state index in [1.165, 1.54) is 18.6 Å². The predicted octanol–water partition coefficient (Wildman–Crippen LogP) is 5.59. The van der Waals surface area contributed by atoms with Crippen molar-refractivity contribution in [3.05, 3.63) is 83.9 Å². The Morgan fingerprint density at radius 3 is 2.77 bits per heavy atom. The number of alkyl halides is 6. The number of amides is 1. The van der Waals surface area contributed by atoms with Gasteiger partial charge in [0.2, 0.25) is 0 Å². The van der Waals surface area contributed by atoms with E-state index in [0.717, 1.165) is 24.4 Å². The molecule has 0 aromatic carbocycles.